The van der Waals surface area contributed by atoms with E-state index < -0.39 is 17.4 Å². The summed E-state index contributed by atoms with van der Waals surface area (Å²) in [5.41, 5.74) is 6.72. The van der Waals surface area contributed by atoms with E-state index in [2.05, 4.69) is 56.2 Å². The van der Waals surface area contributed by atoms with Crippen LogP contribution < -0.4 is 0 Å². The molecule has 1 aromatic rings. The lowest BCUT2D eigenvalue weighted by atomic mass is 9.87. The Morgan fingerprint density at radius 3 is 2.41 bits per heavy atom. The van der Waals surface area contributed by atoms with Crippen LogP contribution in [0.3, 0.4) is 0 Å². The van der Waals surface area contributed by atoms with Crippen LogP contribution in [0.2, 0.25) is 26.2 Å². The van der Waals surface area contributed by atoms with E-state index >= 15 is 0 Å². The molecular formula is C14H22OSi2. The Morgan fingerprint density at radius 1 is 1.18 bits per heavy atom. The minimum absolute atomic E-state index is 0.917. The Kier molecular flexibility index (Phi) is 3.71. The maximum absolute atomic E-state index is 6.12. The number of rotatable bonds is 4. The second-order valence-corrected chi connectivity index (χ2v) is 12.2. The lowest BCUT2D eigenvalue weighted by Crippen LogP contribution is -2.33. The molecule has 0 atom stereocenters. The van der Waals surface area contributed by atoms with E-state index in [-0.39, 0.29) is 0 Å². The molecule has 17 heavy (non-hydrogen) atoms. The molecule has 0 saturated carbocycles. The molecule has 0 bridgehead atoms. The van der Waals surface area contributed by atoms with Crippen LogP contribution in [0, 0.1) is 0 Å². The third kappa shape index (κ3) is 3.41. The van der Waals surface area contributed by atoms with Gasteiger partial charge in [-0.3, -0.25) is 0 Å². The van der Waals surface area contributed by atoms with Gasteiger partial charge in [0.1, 0.15) is 0 Å². The van der Waals surface area contributed by atoms with Crippen molar-refractivity contribution in [3.63, 3.8) is 0 Å². The molecule has 0 radical (unpaired) electrons. The summed E-state index contributed by atoms with van der Waals surface area (Å²) < 4.78 is 6.12. The van der Waals surface area contributed by atoms with Crippen LogP contribution in [0.15, 0.2) is 23.9 Å². The van der Waals surface area contributed by atoms with Gasteiger partial charge in [-0.15, -0.1) is 0 Å². The molecule has 3 heteroatoms. The van der Waals surface area contributed by atoms with Crippen molar-refractivity contribution >= 4 is 23.4 Å². The summed E-state index contributed by atoms with van der Waals surface area (Å²) in [6.07, 6.45) is 4.77. The third-order valence-electron chi connectivity index (χ3n) is 3.11. The summed E-state index contributed by atoms with van der Waals surface area (Å²) in [7, 11) is -2.50. The van der Waals surface area contributed by atoms with Gasteiger partial charge >= 0.3 is 0 Å². The Morgan fingerprint density at radius 2 is 1.88 bits per heavy atom. The second kappa shape index (κ2) is 4.92. The van der Waals surface area contributed by atoms with Crippen LogP contribution in [-0.2, 0) is 17.0 Å². The molecule has 0 amide bonds. The van der Waals surface area contributed by atoms with E-state index in [1.807, 2.05) is 0 Å². The van der Waals surface area contributed by atoms with E-state index in [1.54, 1.807) is 0 Å². The molecule has 0 unspecified atom stereocenters. The first-order valence-corrected chi connectivity index (χ1v) is 12.2. The monoisotopic (exact) mass is 262 g/mol. The Bertz CT molecular complexity index is 436. The van der Waals surface area contributed by atoms with Gasteiger partial charge in [0.05, 0.1) is 0 Å². The maximum Gasteiger partial charge on any atom is 0.198 e. The largest absolute Gasteiger partial charge is 0.455 e. The first-order valence-electron chi connectivity index (χ1n) is 6.45. The zero-order valence-electron chi connectivity index (χ0n) is 11.3. The summed E-state index contributed by atoms with van der Waals surface area (Å²) in [4.78, 5) is 0. The predicted octanol–water partition coefficient (Wildman–Crippen LogP) is 3.54. The molecule has 0 aliphatic heterocycles. The number of benzene rings is 1. The Labute approximate surface area is 107 Å². The van der Waals surface area contributed by atoms with Crippen molar-refractivity contribution in [2.45, 2.75) is 39.0 Å². The van der Waals surface area contributed by atoms with Crippen LogP contribution in [0.5, 0.6) is 0 Å². The van der Waals surface area contributed by atoms with Gasteiger partial charge in [0, 0.05) is 0 Å². The Balaban J connectivity index is 2.06. The first-order chi connectivity index (χ1) is 7.96. The van der Waals surface area contributed by atoms with Gasteiger partial charge in [0.25, 0.3) is 0 Å². The van der Waals surface area contributed by atoms with E-state index in [1.165, 1.54) is 29.5 Å². The molecular weight excluding hydrogens is 240 g/mol. The molecule has 1 aliphatic carbocycles. The third-order valence-corrected chi connectivity index (χ3v) is 8.40. The summed E-state index contributed by atoms with van der Waals surface area (Å²) in [6.45, 7) is 9.04. The van der Waals surface area contributed by atoms with Gasteiger partial charge in [0.15, 0.2) is 17.4 Å². The zero-order chi connectivity index (χ0) is 12.5. The highest BCUT2D eigenvalue weighted by molar-refractivity contribution is 6.82. The number of fused-ring (bicyclic) bond motifs is 1. The molecule has 1 nitrogen and oxygen atoms in total. The van der Waals surface area contributed by atoms with Gasteiger partial charge in [0.2, 0.25) is 0 Å². The van der Waals surface area contributed by atoms with Crippen LogP contribution in [0.1, 0.15) is 16.7 Å². The first kappa shape index (κ1) is 12.8. The molecule has 0 spiro atoms. The number of aryl methyl sites for hydroxylation is 2. The maximum atomic E-state index is 6.12. The SMILES string of the molecule is C[SiH](C)O[Si](C)(C)C=Cc1ccc2c(c1)CC2. The standard InChI is InChI=1S/C14H22OSi2/c1-16(2)15-17(3,4)10-9-12-5-6-13-7-8-14(13)11-12/h5-6,9-11,16H,7-8H2,1-4H3. The normalized spacial score (nSPS) is 15.1. The van der Waals surface area contributed by atoms with Crippen molar-refractivity contribution in [1.29, 1.82) is 0 Å². The lowest BCUT2D eigenvalue weighted by molar-refractivity contribution is 0.589. The lowest BCUT2D eigenvalue weighted by Gasteiger charge is -2.22. The molecule has 0 aromatic heterocycles. The smallest absolute Gasteiger partial charge is 0.198 e. The molecule has 0 heterocycles. The van der Waals surface area contributed by atoms with Gasteiger partial charge in [-0.1, -0.05) is 30.0 Å². The zero-order valence-corrected chi connectivity index (χ0v) is 13.4. The van der Waals surface area contributed by atoms with E-state index in [4.69, 9.17) is 4.12 Å². The van der Waals surface area contributed by atoms with Crippen molar-refractivity contribution in [3.05, 3.63) is 40.6 Å². The second-order valence-electron chi connectivity index (χ2n) is 5.63. The molecule has 92 valence electrons. The van der Waals surface area contributed by atoms with Gasteiger partial charge < -0.3 is 4.12 Å². The summed E-state index contributed by atoms with van der Waals surface area (Å²) in [5, 5.41) is 0. The predicted molar refractivity (Wildman–Crippen MR) is 80.3 cm³/mol. The topological polar surface area (TPSA) is 9.23 Å². The fourth-order valence-electron chi connectivity index (χ4n) is 2.26. The van der Waals surface area contributed by atoms with Crippen LogP contribution >= 0.6 is 0 Å². The average molecular weight is 263 g/mol. The van der Waals surface area contributed by atoms with Crippen molar-refractivity contribution in [3.8, 4) is 0 Å². The Hall–Kier alpha value is -0.646. The van der Waals surface area contributed by atoms with Crippen molar-refractivity contribution in [2.24, 2.45) is 0 Å². The minimum atomic E-state index is -1.58. The highest BCUT2D eigenvalue weighted by Gasteiger charge is 2.19. The van der Waals surface area contributed by atoms with Crippen molar-refractivity contribution in [1.82, 2.24) is 0 Å². The molecule has 1 aromatic carbocycles. The quantitative estimate of drug-likeness (QED) is 0.754. The van der Waals surface area contributed by atoms with Gasteiger partial charge in [-0.05, 0) is 55.7 Å². The highest BCUT2D eigenvalue weighted by Crippen LogP contribution is 2.24. The minimum Gasteiger partial charge on any atom is -0.455 e. The number of hydrogen-bond donors (Lipinski definition) is 0. The van der Waals surface area contributed by atoms with Gasteiger partial charge in [-0.2, -0.15) is 0 Å². The average Bonchev–Trinajstić information content (AvgIpc) is 2.16. The van der Waals surface area contributed by atoms with E-state index in [0.29, 0.717) is 0 Å². The molecule has 0 N–H and O–H groups in total. The summed E-state index contributed by atoms with van der Waals surface area (Å²) >= 11 is 0. The van der Waals surface area contributed by atoms with E-state index in [9.17, 15) is 0 Å². The molecule has 1 aliphatic rings. The van der Waals surface area contributed by atoms with Crippen molar-refractivity contribution < 1.29 is 4.12 Å². The van der Waals surface area contributed by atoms with Crippen LogP contribution in [0.4, 0.5) is 0 Å². The highest BCUT2D eigenvalue weighted by atomic mass is 28.4. The van der Waals surface area contributed by atoms with Crippen LogP contribution in [0.25, 0.3) is 6.08 Å². The number of hydrogen-bond acceptors (Lipinski definition) is 1. The summed E-state index contributed by atoms with van der Waals surface area (Å²) in [5.74, 6) is 0. The fourth-order valence-corrected chi connectivity index (χ4v) is 8.03. The fraction of sp³-hybridized carbons (Fsp3) is 0.429. The van der Waals surface area contributed by atoms with E-state index in [0.717, 1.165) is 0 Å². The van der Waals surface area contributed by atoms with Gasteiger partial charge in [-0.25, -0.2) is 0 Å². The molecule has 0 saturated heterocycles. The van der Waals surface area contributed by atoms with Crippen molar-refractivity contribution in [2.75, 3.05) is 0 Å². The van der Waals surface area contributed by atoms with Crippen LogP contribution in [-0.4, -0.2) is 17.4 Å². The summed E-state index contributed by atoms with van der Waals surface area (Å²) in [6, 6.07) is 6.82. The molecule has 2 rings (SSSR count). The molecule has 0 fully saturated rings.